The molecule has 5 nitrogen and oxygen atoms in total. The second-order valence-electron chi connectivity index (χ2n) is 4.27. The smallest absolute Gasteiger partial charge is 0.340 e. The minimum atomic E-state index is -0.783. The molecule has 1 aromatic rings. The van der Waals surface area contributed by atoms with Gasteiger partial charge in [0.2, 0.25) is 5.91 Å². The first-order valence-corrected chi connectivity index (χ1v) is 5.85. The lowest BCUT2D eigenvalue weighted by atomic mass is 10.2. The maximum atomic E-state index is 13.4. The highest BCUT2D eigenvalue weighted by Crippen LogP contribution is 2.15. The van der Waals surface area contributed by atoms with E-state index in [0.717, 1.165) is 6.07 Å². The Hall–Kier alpha value is -1.95. The highest BCUT2D eigenvalue weighted by Gasteiger charge is 2.13. The largest absolute Gasteiger partial charge is 0.465 e. The van der Waals surface area contributed by atoms with Crippen LogP contribution in [0.5, 0.6) is 0 Å². The molecule has 0 aliphatic carbocycles. The number of hydrogen-bond acceptors (Lipinski definition) is 4. The number of nitrogens with one attached hydrogen (secondary N) is 2. The van der Waals surface area contributed by atoms with E-state index in [1.807, 2.05) is 13.8 Å². The highest BCUT2D eigenvalue weighted by molar-refractivity contribution is 5.95. The number of methoxy groups -OCH3 is 1. The van der Waals surface area contributed by atoms with Crippen molar-refractivity contribution in [2.75, 3.05) is 19.0 Å². The van der Waals surface area contributed by atoms with E-state index < -0.39 is 11.8 Å². The van der Waals surface area contributed by atoms with Crippen molar-refractivity contribution in [2.24, 2.45) is 0 Å². The third kappa shape index (κ3) is 4.67. The van der Waals surface area contributed by atoms with E-state index in [1.54, 1.807) is 0 Å². The summed E-state index contributed by atoms with van der Waals surface area (Å²) >= 11 is 0. The van der Waals surface area contributed by atoms with Crippen molar-refractivity contribution in [1.82, 2.24) is 5.32 Å². The number of benzene rings is 1. The molecule has 0 saturated carbocycles. The molecule has 0 unspecified atom stereocenters. The summed E-state index contributed by atoms with van der Waals surface area (Å²) in [7, 11) is 1.17. The van der Waals surface area contributed by atoms with Crippen LogP contribution in [0.25, 0.3) is 0 Å². The third-order valence-corrected chi connectivity index (χ3v) is 2.33. The average molecular weight is 268 g/mol. The van der Waals surface area contributed by atoms with Gasteiger partial charge in [0.1, 0.15) is 5.82 Å². The zero-order valence-electron chi connectivity index (χ0n) is 11.1. The Bertz CT molecular complexity index is 475. The first-order chi connectivity index (χ1) is 8.93. The van der Waals surface area contributed by atoms with Crippen molar-refractivity contribution < 1.29 is 18.7 Å². The lowest BCUT2D eigenvalue weighted by molar-refractivity contribution is -0.115. The molecule has 0 radical (unpaired) electrons. The molecule has 19 heavy (non-hydrogen) atoms. The molecule has 104 valence electrons. The molecule has 2 N–H and O–H groups in total. The predicted octanol–water partition coefficient (Wildman–Crippen LogP) is 1.55. The van der Waals surface area contributed by atoms with E-state index in [2.05, 4.69) is 15.4 Å². The topological polar surface area (TPSA) is 67.4 Å². The van der Waals surface area contributed by atoms with Gasteiger partial charge in [-0.15, -0.1) is 0 Å². The summed E-state index contributed by atoms with van der Waals surface area (Å²) in [6.45, 7) is 3.98. The van der Waals surface area contributed by atoms with E-state index in [-0.39, 0.29) is 24.1 Å². The van der Waals surface area contributed by atoms with Gasteiger partial charge in [-0.25, -0.2) is 9.18 Å². The van der Waals surface area contributed by atoms with Crippen molar-refractivity contribution in [3.05, 3.63) is 29.6 Å². The van der Waals surface area contributed by atoms with Crippen molar-refractivity contribution in [2.45, 2.75) is 19.9 Å². The Labute approximate surface area is 111 Å². The number of anilines is 1. The molecule has 0 heterocycles. The SMILES string of the molecule is COC(=O)c1cc(NC(=O)CNC(C)C)ccc1F. The molecular weight excluding hydrogens is 251 g/mol. The number of carbonyl (C=O) groups is 2. The summed E-state index contributed by atoms with van der Waals surface area (Å²) in [4.78, 5) is 22.9. The number of ether oxygens (including phenoxy) is 1. The maximum absolute atomic E-state index is 13.4. The minimum Gasteiger partial charge on any atom is -0.465 e. The van der Waals surface area contributed by atoms with Crippen LogP contribution in [0.3, 0.4) is 0 Å². The fourth-order valence-corrected chi connectivity index (χ4v) is 1.37. The minimum absolute atomic E-state index is 0.141. The lowest BCUT2D eigenvalue weighted by Crippen LogP contribution is -2.32. The first kappa shape index (κ1) is 15.1. The van der Waals surface area contributed by atoms with E-state index >= 15 is 0 Å². The van der Waals surface area contributed by atoms with Gasteiger partial charge >= 0.3 is 5.97 Å². The van der Waals surface area contributed by atoms with Crippen LogP contribution in [-0.2, 0) is 9.53 Å². The van der Waals surface area contributed by atoms with Gasteiger partial charge < -0.3 is 15.4 Å². The molecule has 1 rings (SSSR count). The molecule has 1 amide bonds. The van der Waals surface area contributed by atoms with Crippen LogP contribution >= 0.6 is 0 Å². The molecule has 0 aliphatic rings. The summed E-state index contributed by atoms with van der Waals surface area (Å²) < 4.78 is 17.8. The summed E-state index contributed by atoms with van der Waals surface area (Å²) in [5, 5.41) is 5.52. The van der Waals surface area contributed by atoms with Crippen LogP contribution in [0, 0.1) is 5.82 Å². The van der Waals surface area contributed by atoms with Gasteiger partial charge in [0.05, 0.1) is 19.2 Å². The quantitative estimate of drug-likeness (QED) is 0.795. The molecule has 0 aliphatic heterocycles. The Morgan fingerprint density at radius 1 is 1.37 bits per heavy atom. The van der Waals surface area contributed by atoms with Crippen molar-refractivity contribution in [3.63, 3.8) is 0 Å². The summed E-state index contributed by atoms with van der Waals surface area (Å²) in [5.74, 6) is -1.74. The fourth-order valence-electron chi connectivity index (χ4n) is 1.37. The Kier molecular flexibility index (Phi) is 5.44. The zero-order chi connectivity index (χ0) is 14.4. The van der Waals surface area contributed by atoms with Gasteiger partial charge in [0.25, 0.3) is 0 Å². The van der Waals surface area contributed by atoms with Gasteiger partial charge in [0.15, 0.2) is 0 Å². The maximum Gasteiger partial charge on any atom is 0.340 e. The molecule has 0 saturated heterocycles. The van der Waals surface area contributed by atoms with Gasteiger partial charge in [-0.2, -0.15) is 0 Å². The predicted molar refractivity (Wildman–Crippen MR) is 69.5 cm³/mol. The van der Waals surface area contributed by atoms with Crippen LogP contribution in [-0.4, -0.2) is 31.6 Å². The molecular formula is C13H17FN2O3. The monoisotopic (exact) mass is 268 g/mol. The Morgan fingerprint density at radius 2 is 2.05 bits per heavy atom. The average Bonchev–Trinajstić information content (AvgIpc) is 2.37. The van der Waals surface area contributed by atoms with Crippen LogP contribution in [0.4, 0.5) is 10.1 Å². The van der Waals surface area contributed by atoms with E-state index in [4.69, 9.17) is 0 Å². The summed E-state index contributed by atoms with van der Waals surface area (Å²) in [5.41, 5.74) is 0.134. The van der Waals surface area contributed by atoms with Crippen molar-refractivity contribution in [1.29, 1.82) is 0 Å². The number of halogens is 1. The molecule has 6 heteroatoms. The van der Waals surface area contributed by atoms with Crippen LogP contribution in [0.2, 0.25) is 0 Å². The highest BCUT2D eigenvalue weighted by atomic mass is 19.1. The van der Waals surface area contributed by atoms with E-state index in [9.17, 15) is 14.0 Å². The first-order valence-electron chi connectivity index (χ1n) is 5.85. The van der Waals surface area contributed by atoms with Crippen LogP contribution in [0.15, 0.2) is 18.2 Å². The third-order valence-electron chi connectivity index (χ3n) is 2.33. The van der Waals surface area contributed by atoms with Crippen molar-refractivity contribution in [3.8, 4) is 0 Å². The van der Waals surface area contributed by atoms with E-state index in [1.165, 1.54) is 19.2 Å². The lowest BCUT2D eigenvalue weighted by Gasteiger charge is -2.10. The summed E-state index contributed by atoms with van der Waals surface area (Å²) in [6, 6.07) is 3.92. The second-order valence-corrected chi connectivity index (χ2v) is 4.27. The van der Waals surface area contributed by atoms with Gasteiger partial charge in [-0.05, 0) is 18.2 Å². The number of amides is 1. The van der Waals surface area contributed by atoms with Gasteiger partial charge in [0, 0.05) is 11.7 Å². The van der Waals surface area contributed by atoms with E-state index in [0.29, 0.717) is 5.69 Å². The molecule has 0 atom stereocenters. The van der Waals surface area contributed by atoms with Crippen LogP contribution < -0.4 is 10.6 Å². The number of esters is 1. The second kappa shape index (κ2) is 6.84. The zero-order valence-corrected chi connectivity index (χ0v) is 11.1. The fraction of sp³-hybridized carbons (Fsp3) is 0.385. The standard InChI is InChI=1S/C13H17FN2O3/c1-8(2)15-7-12(17)16-9-4-5-11(14)10(6-9)13(18)19-3/h4-6,8,15H,7H2,1-3H3,(H,16,17). The number of carbonyl (C=O) groups excluding carboxylic acids is 2. The van der Waals surface area contributed by atoms with Crippen LogP contribution in [0.1, 0.15) is 24.2 Å². The Morgan fingerprint density at radius 3 is 2.63 bits per heavy atom. The number of rotatable bonds is 5. The normalized spacial score (nSPS) is 10.4. The molecule has 0 spiro atoms. The van der Waals surface area contributed by atoms with Gasteiger partial charge in [-0.1, -0.05) is 13.8 Å². The number of hydrogen-bond donors (Lipinski definition) is 2. The molecule has 0 bridgehead atoms. The Balaban J connectivity index is 2.74. The summed E-state index contributed by atoms with van der Waals surface area (Å²) in [6.07, 6.45) is 0. The molecule has 1 aromatic carbocycles. The molecule has 0 fully saturated rings. The van der Waals surface area contributed by atoms with Crippen molar-refractivity contribution >= 4 is 17.6 Å². The van der Waals surface area contributed by atoms with Gasteiger partial charge in [-0.3, -0.25) is 4.79 Å². The molecule has 0 aromatic heterocycles.